The van der Waals surface area contributed by atoms with E-state index in [-0.39, 0.29) is 23.8 Å². The Morgan fingerprint density at radius 3 is 1.94 bits per heavy atom. The number of carbonyl (C=O) groups excluding carboxylic acids is 1. The molecule has 0 fully saturated rings. The summed E-state index contributed by atoms with van der Waals surface area (Å²) in [5.41, 5.74) is -1.04. The summed E-state index contributed by atoms with van der Waals surface area (Å²) in [4.78, 5) is 22.6. The molecule has 94 valence electrons. The average molecular weight is 229 g/mol. The number of carboxylic acid groups (broad SMARTS) is 1. The minimum Gasteiger partial charge on any atom is -0.481 e. The van der Waals surface area contributed by atoms with Crippen LogP contribution in [0.15, 0.2) is 0 Å². The fraction of sp³-hybridized carbons (Fsp3) is 0.833. The van der Waals surface area contributed by atoms with Gasteiger partial charge < -0.3 is 10.4 Å². The molecule has 0 heterocycles. The van der Waals surface area contributed by atoms with Crippen molar-refractivity contribution in [2.24, 2.45) is 16.7 Å². The number of rotatable bonds is 4. The molecule has 1 atom stereocenters. The van der Waals surface area contributed by atoms with Crippen LogP contribution in [0.25, 0.3) is 0 Å². The summed E-state index contributed by atoms with van der Waals surface area (Å²) in [5, 5.41) is 11.6. The fourth-order valence-electron chi connectivity index (χ4n) is 0.930. The van der Waals surface area contributed by atoms with Gasteiger partial charge in [0, 0.05) is 12.5 Å². The van der Waals surface area contributed by atoms with Gasteiger partial charge in [0.1, 0.15) is 0 Å². The summed E-state index contributed by atoms with van der Waals surface area (Å²) in [6, 6.07) is 0. The maximum atomic E-state index is 11.8. The van der Waals surface area contributed by atoms with E-state index in [0.29, 0.717) is 0 Å². The molecule has 16 heavy (non-hydrogen) atoms. The summed E-state index contributed by atoms with van der Waals surface area (Å²) in [5.74, 6) is -1.14. The molecule has 0 radical (unpaired) electrons. The van der Waals surface area contributed by atoms with E-state index in [0.717, 1.165) is 0 Å². The maximum absolute atomic E-state index is 11.8. The van der Waals surface area contributed by atoms with Crippen molar-refractivity contribution < 1.29 is 14.7 Å². The summed E-state index contributed by atoms with van der Waals surface area (Å²) in [7, 11) is 0. The number of amides is 1. The van der Waals surface area contributed by atoms with Crippen molar-refractivity contribution >= 4 is 11.9 Å². The highest BCUT2D eigenvalue weighted by molar-refractivity contribution is 5.80. The van der Waals surface area contributed by atoms with E-state index in [1.807, 2.05) is 27.7 Å². The van der Waals surface area contributed by atoms with Crippen molar-refractivity contribution in [1.29, 1.82) is 0 Å². The van der Waals surface area contributed by atoms with Crippen molar-refractivity contribution in [2.75, 3.05) is 6.54 Å². The van der Waals surface area contributed by atoms with Crippen LogP contribution in [0.4, 0.5) is 0 Å². The molecule has 0 saturated carbocycles. The molecular weight excluding hydrogens is 206 g/mol. The molecule has 0 aliphatic rings. The van der Waals surface area contributed by atoms with Crippen molar-refractivity contribution in [1.82, 2.24) is 5.32 Å². The first-order valence-corrected chi connectivity index (χ1v) is 5.49. The molecule has 0 saturated heterocycles. The quantitative estimate of drug-likeness (QED) is 0.773. The maximum Gasteiger partial charge on any atom is 0.310 e. The van der Waals surface area contributed by atoms with Crippen LogP contribution in [0.3, 0.4) is 0 Å². The second-order valence-corrected chi connectivity index (χ2v) is 5.99. The van der Waals surface area contributed by atoms with Crippen LogP contribution in [0, 0.1) is 16.7 Å². The summed E-state index contributed by atoms with van der Waals surface area (Å²) >= 11 is 0. The van der Waals surface area contributed by atoms with E-state index in [2.05, 4.69) is 5.32 Å². The molecule has 0 rings (SSSR count). The Labute approximate surface area is 97.4 Å². The van der Waals surface area contributed by atoms with Crippen LogP contribution in [0.5, 0.6) is 0 Å². The highest BCUT2D eigenvalue weighted by Gasteiger charge is 2.31. The zero-order valence-electron chi connectivity index (χ0n) is 11.0. The van der Waals surface area contributed by atoms with E-state index < -0.39 is 11.4 Å². The lowest BCUT2D eigenvalue weighted by atomic mass is 9.81. The Balaban J connectivity index is 4.34. The first kappa shape index (κ1) is 14.9. The highest BCUT2D eigenvalue weighted by atomic mass is 16.4. The molecule has 0 aromatic carbocycles. The zero-order valence-corrected chi connectivity index (χ0v) is 11.0. The Bertz CT molecular complexity index is 276. The molecule has 2 N–H and O–H groups in total. The number of carbonyl (C=O) groups is 2. The van der Waals surface area contributed by atoms with Crippen LogP contribution in [0.2, 0.25) is 0 Å². The molecule has 0 aromatic rings. The minimum atomic E-state index is -0.923. The van der Waals surface area contributed by atoms with Gasteiger partial charge in [-0.1, -0.05) is 27.7 Å². The third kappa shape index (κ3) is 4.21. The second-order valence-electron chi connectivity index (χ2n) is 5.99. The van der Waals surface area contributed by atoms with Crippen molar-refractivity contribution in [3.05, 3.63) is 0 Å². The van der Waals surface area contributed by atoms with Crippen LogP contribution in [-0.4, -0.2) is 23.5 Å². The number of carboxylic acids is 1. The lowest BCUT2D eigenvalue weighted by Crippen LogP contribution is -2.43. The molecule has 0 bridgehead atoms. The monoisotopic (exact) mass is 229 g/mol. The van der Waals surface area contributed by atoms with E-state index in [4.69, 9.17) is 5.11 Å². The van der Waals surface area contributed by atoms with E-state index >= 15 is 0 Å². The minimum absolute atomic E-state index is 0.0955. The third-order valence-corrected chi connectivity index (χ3v) is 2.98. The Hall–Kier alpha value is -1.06. The second kappa shape index (κ2) is 4.85. The largest absolute Gasteiger partial charge is 0.481 e. The average Bonchev–Trinajstić information content (AvgIpc) is 2.11. The van der Waals surface area contributed by atoms with Gasteiger partial charge in [-0.05, 0) is 19.3 Å². The van der Waals surface area contributed by atoms with Gasteiger partial charge in [0.2, 0.25) is 5.91 Å². The summed E-state index contributed by atoms with van der Waals surface area (Å²) in [6.45, 7) is 11.2. The van der Waals surface area contributed by atoms with Crippen LogP contribution < -0.4 is 5.32 Å². The lowest BCUT2D eigenvalue weighted by molar-refractivity contribution is -0.147. The molecule has 0 aromatic heterocycles. The first-order chi connectivity index (χ1) is 6.98. The van der Waals surface area contributed by atoms with Crippen LogP contribution >= 0.6 is 0 Å². The smallest absolute Gasteiger partial charge is 0.310 e. The van der Waals surface area contributed by atoms with Gasteiger partial charge in [-0.25, -0.2) is 0 Å². The lowest BCUT2D eigenvalue weighted by Gasteiger charge is -2.28. The molecule has 1 unspecified atom stereocenters. The molecule has 4 nitrogen and oxygen atoms in total. The first-order valence-electron chi connectivity index (χ1n) is 5.49. The molecule has 1 amide bonds. The van der Waals surface area contributed by atoms with Crippen LogP contribution in [-0.2, 0) is 9.59 Å². The van der Waals surface area contributed by atoms with E-state index in [1.165, 1.54) is 0 Å². The normalized spacial score (nSPS) is 14.4. The van der Waals surface area contributed by atoms with E-state index in [1.54, 1.807) is 13.8 Å². The van der Waals surface area contributed by atoms with Gasteiger partial charge in [0.15, 0.2) is 0 Å². The van der Waals surface area contributed by atoms with Gasteiger partial charge in [0.05, 0.1) is 5.41 Å². The standard InChI is InChI=1S/C12H23NO3/c1-8(11(2,3)4)9(14)13-7-12(5,6)10(15)16/h8H,7H2,1-6H3,(H,13,14)(H,15,16). The van der Waals surface area contributed by atoms with Gasteiger partial charge in [-0.15, -0.1) is 0 Å². The highest BCUT2D eigenvalue weighted by Crippen LogP contribution is 2.25. The Morgan fingerprint density at radius 2 is 1.62 bits per heavy atom. The molecule has 4 heteroatoms. The fourth-order valence-corrected chi connectivity index (χ4v) is 0.930. The van der Waals surface area contributed by atoms with Gasteiger partial charge in [-0.3, -0.25) is 9.59 Å². The predicted molar refractivity (Wildman–Crippen MR) is 63.0 cm³/mol. The number of aliphatic carboxylic acids is 1. The van der Waals surface area contributed by atoms with Crippen molar-refractivity contribution in [3.63, 3.8) is 0 Å². The topological polar surface area (TPSA) is 66.4 Å². The Kier molecular flexibility index (Phi) is 4.53. The van der Waals surface area contributed by atoms with E-state index in [9.17, 15) is 9.59 Å². The van der Waals surface area contributed by atoms with Gasteiger partial charge in [0.25, 0.3) is 0 Å². The Morgan fingerprint density at radius 1 is 1.19 bits per heavy atom. The number of hydrogen-bond donors (Lipinski definition) is 2. The van der Waals surface area contributed by atoms with Gasteiger partial charge in [-0.2, -0.15) is 0 Å². The number of hydrogen-bond acceptors (Lipinski definition) is 2. The summed E-state index contributed by atoms with van der Waals surface area (Å²) < 4.78 is 0. The SMILES string of the molecule is CC(C(=O)NCC(C)(C)C(=O)O)C(C)(C)C. The summed E-state index contributed by atoms with van der Waals surface area (Å²) in [6.07, 6.45) is 0. The number of nitrogens with one attached hydrogen (secondary N) is 1. The molecule has 0 aliphatic carbocycles. The molecule has 0 spiro atoms. The predicted octanol–water partition coefficient (Wildman–Crippen LogP) is 1.90. The zero-order chi connectivity index (χ0) is 13.1. The molecule has 0 aliphatic heterocycles. The van der Waals surface area contributed by atoms with Gasteiger partial charge >= 0.3 is 5.97 Å². The van der Waals surface area contributed by atoms with Crippen LogP contribution in [0.1, 0.15) is 41.5 Å². The third-order valence-electron chi connectivity index (χ3n) is 2.98. The van der Waals surface area contributed by atoms with Crippen molar-refractivity contribution in [3.8, 4) is 0 Å². The molecular formula is C12H23NO3. The van der Waals surface area contributed by atoms with Crippen molar-refractivity contribution in [2.45, 2.75) is 41.5 Å².